The number of amides is 3. The van der Waals surface area contributed by atoms with E-state index in [2.05, 4.69) is 10.6 Å². The summed E-state index contributed by atoms with van der Waals surface area (Å²) in [6.07, 6.45) is 0.922. The molecule has 11 heteroatoms. The van der Waals surface area contributed by atoms with Gasteiger partial charge in [0.25, 0.3) is 15.9 Å². The molecule has 0 bridgehead atoms. The monoisotopic (exact) mass is 411 g/mol. The summed E-state index contributed by atoms with van der Waals surface area (Å²) < 4.78 is 50.2. The maximum atomic E-state index is 12.4. The highest BCUT2D eigenvalue weighted by Gasteiger charge is 2.23. The van der Waals surface area contributed by atoms with Gasteiger partial charge in [0.2, 0.25) is 0 Å². The molecule has 0 aliphatic carbocycles. The van der Waals surface area contributed by atoms with Crippen molar-refractivity contribution >= 4 is 37.5 Å². The highest BCUT2D eigenvalue weighted by molar-refractivity contribution is 7.91. The molecular weight excluding hydrogens is 394 g/mol. The van der Waals surface area contributed by atoms with E-state index in [1.54, 1.807) is 0 Å². The van der Waals surface area contributed by atoms with Crippen LogP contribution in [0.2, 0.25) is 0 Å². The maximum Gasteiger partial charge on any atom is 0.318 e. The molecule has 2 rings (SSSR count). The molecule has 0 aromatic heterocycles. The van der Waals surface area contributed by atoms with E-state index in [9.17, 15) is 26.4 Å². The summed E-state index contributed by atoms with van der Waals surface area (Å²) in [5.74, 6) is -1.07. The van der Waals surface area contributed by atoms with Gasteiger partial charge in [-0.25, -0.2) is 26.4 Å². The second kappa shape index (κ2) is 7.76. The van der Waals surface area contributed by atoms with E-state index in [4.69, 9.17) is 0 Å². The van der Waals surface area contributed by atoms with Crippen LogP contribution in [0.1, 0.15) is 10.4 Å². The zero-order valence-electron chi connectivity index (χ0n) is 14.4. The topological polar surface area (TPSA) is 139 Å². The van der Waals surface area contributed by atoms with Crippen LogP contribution in [-0.2, 0) is 19.9 Å². The van der Waals surface area contributed by atoms with Gasteiger partial charge in [0.1, 0.15) is 0 Å². The molecule has 0 atom stereocenters. The van der Waals surface area contributed by atoms with E-state index in [1.165, 1.54) is 55.6 Å². The van der Waals surface area contributed by atoms with Crippen LogP contribution in [0, 0.1) is 0 Å². The summed E-state index contributed by atoms with van der Waals surface area (Å²) in [6.45, 7) is 0. The van der Waals surface area contributed by atoms with E-state index >= 15 is 0 Å². The number of anilines is 1. The van der Waals surface area contributed by atoms with E-state index in [0.717, 1.165) is 6.26 Å². The molecule has 2 aromatic rings. The third-order valence-electron chi connectivity index (χ3n) is 3.41. The molecule has 0 radical (unpaired) electrons. The third kappa shape index (κ3) is 5.05. The number of sulfone groups is 1. The third-order valence-corrected chi connectivity index (χ3v) is 5.91. The molecule has 0 aliphatic heterocycles. The Labute approximate surface area is 156 Å². The lowest BCUT2D eigenvalue weighted by molar-refractivity contribution is 0.0978. The van der Waals surface area contributed by atoms with Crippen LogP contribution in [0.25, 0.3) is 0 Å². The molecule has 0 fully saturated rings. The van der Waals surface area contributed by atoms with Crippen LogP contribution in [-0.4, -0.2) is 42.1 Å². The smallest absolute Gasteiger partial charge is 0.318 e. The van der Waals surface area contributed by atoms with E-state index < -0.39 is 31.8 Å². The minimum Gasteiger partial charge on any atom is -0.341 e. The minimum absolute atomic E-state index is 0.227. The second-order valence-electron chi connectivity index (χ2n) is 5.43. The molecule has 0 saturated heterocycles. The van der Waals surface area contributed by atoms with Gasteiger partial charge in [0.05, 0.1) is 15.4 Å². The average molecular weight is 411 g/mol. The summed E-state index contributed by atoms with van der Waals surface area (Å²) in [6, 6.07) is 9.91. The first kappa shape index (κ1) is 20.4. The summed E-state index contributed by atoms with van der Waals surface area (Å²) in [4.78, 5) is 23.1. The second-order valence-corrected chi connectivity index (χ2v) is 9.10. The number of benzene rings is 2. The van der Waals surface area contributed by atoms with Gasteiger partial charge in [-0.2, -0.15) is 0 Å². The average Bonchev–Trinajstić information content (AvgIpc) is 2.61. The van der Waals surface area contributed by atoms with Gasteiger partial charge in [-0.15, -0.1) is 0 Å². The van der Waals surface area contributed by atoms with Crippen LogP contribution in [0.5, 0.6) is 0 Å². The number of nitrogens with one attached hydrogen (secondary N) is 3. The lowest BCUT2D eigenvalue weighted by atomic mass is 10.2. The first-order valence-corrected chi connectivity index (χ1v) is 10.9. The Morgan fingerprint density at radius 2 is 1.48 bits per heavy atom. The maximum absolute atomic E-state index is 12.4. The van der Waals surface area contributed by atoms with Crippen molar-refractivity contribution in [2.75, 3.05) is 18.6 Å². The molecule has 9 nitrogen and oxygen atoms in total. The zero-order valence-corrected chi connectivity index (χ0v) is 16.0. The van der Waals surface area contributed by atoms with Crippen LogP contribution < -0.4 is 15.4 Å². The van der Waals surface area contributed by atoms with Crippen LogP contribution in [0.15, 0.2) is 58.3 Å². The first-order valence-electron chi connectivity index (χ1n) is 7.49. The molecule has 3 N–H and O–H groups in total. The van der Waals surface area contributed by atoms with Crippen LogP contribution in [0.4, 0.5) is 10.5 Å². The van der Waals surface area contributed by atoms with Crippen molar-refractivity contribution in [1.82, 2.24) is 10.0 Å². The number of hydrogen-bond donors (Lipinski definition) is 3. The van der Waals surface area contributed by atoms with Gasteiger partial charge in [-0.05, 0) is 36.4 Å². The van der Waals surface area contributed by atoms with Gasteiger partial charge < -0.3 is 10.6 Å². The van der Waals surface area contributed by atoms with Crippen molar-refractivity contribution in [2.24, 2.45) is 0 Å². The van der Waals surface area contributed by atoms with E-state index in [0.29, 0.717) is 5.69 Å². The zero-order chi connectivity index (χ0) is 20.2. The van der Waals surface area contributed by atoms with Crippen molar-refractivity contribution in [1.29, 1.82) is 0 Å². The summed E-state index contributed by atoms with van der Waals surface area (Å²) in [7, 11) is -6.54. The number of hydrogen-bond acceptors (Lipinski definition) is 6. The van der Waals surface area contributed by atoms with Crippen LogP contribution >= 0.6 is 0 Å². The summed E-state index contributed by atoms with van der Waals surface area (Å²) in [5, 5.41) is 4.81. The fourth-order valence-electron chi connectivity index (χ4n) is 2.12. The van der Waals surface area contributed by atoms with Crippen molar-refractivity contribution < 1.29 is 26.4 Å². The van der Waals surface area contributed by atoms with E-state index in [1.807, 2.05) is 4.72 Å². The van der Waals surface area contributed by atoms with Crippen molar-refractivity contribution in [3.05, 3.63) is 54.1 Å². The number of sulfonamides is 1. The Bertz CT molecular complexity index is 1080. The summed E-state index contributed by atoms with van der Waals surface area (Å²) in [5.41, 5.74) is 0.0727. The molecule has 27 heavy (non-hydrogen) atoms. The predicted molar refractivity (Wildman–Crippen MR) is 98.7 cm³/mol. The van der Waals surface area contributed by atoms with E-state index in [-0.39, 0.29) is 15.4 Å². The standard InChI is InChI=1S/C16H17N3O6S2/c1-17-16(21)18-11-7-9-12(10-8-11)27(24,25)19-15(20)13-5-3-4-6-14(13)26(2,22)23/h3-10H,1-2H3,(H,19,20)(H2,17,18,21). The molecule has 0 unspecified atom stereocenters. The fourth-order valence-corrected chi connectivity index (χ4v) is 3.98. The first-order chi connectivity index (χ1) is 12.5. The predicted octanol–water partition coefficient (Wildman–Crippen LogP) is 0.960. The molecule has 2 aromatic carbocycles. The van der Waals surface area contributed by atoms with Gasteiger partial charge in [0.15, 0.2) is 9.84 Å². The Morgan fingerprint density at radius 1 is 0.889 bits per heavy atom. The number of rotatable bonds is 5. The van der Waals surface area contributed by atoms with Crippen molar-refractivity contribution in [2.45, 2.75) is 9.79 Å². The molecule has 0 saturated carbocycles. The molecule has 0 spiro atoms. The normalized spacial score (nSPS) is 11.5. The van der Waals surface area contributed by atoms with Crippen LogP contribution in [0.3, 0.4) is 0 Å². The minimum atomic E-state index is -4.24. The van der Waals surface area contributed by atoms with Gasteiger partial charge in [-0.1, -0.05) is 12.1 Å². The SMILES string of the molecule is CNC(=O)Nc1ccc(S(=O)(=O)NC(=O)c2ccccc2S(C)(=O)=O)cc1. The Morgan fingerprint density at radius 3 is 2.04 bits per heavy atom. The lowest BCUT2D eigenvalue weighted by Crippen LogP contribution is -2.31. The summed E-state index contributed by atoms with van der Waals surface area (Å²) >= 11 is 0. The highest BCUT2D eigenvalue weighted by atomic mass is 32.2. The lowest BCUT2D eigenvalue weighted by Gasteiger charge is -2.10. The Kier molecular flexibility index (Phi) is 5.86. The molecular formula is C16H17N3O6S2. The molecule has 3 amide bonds. The highest BCUT2D eigenvalue weighted by Crippen LogP contribution is 2.18. The largest absolute Gasteiger partial charge is 0.341 e. The molecule has 144 valence electrons. The quantitative estimate of drug-likeness (QED) is 0.670. The van der Waals surface area contributed by atoms with Gasteiger partial charge >= 0.3 is 6.03 Å². The number of urea groups is 1. The molecule has 0 aliphatic rings. The van der Waals surface area contributed by atoms with Gasteiger partial charge in [0, 0.05) is 19.0 Å². The molecule has 0 heterocycles. The Balaban J connectivity index is 2.27. The number of carbonyl (C=O) groups excluding carboxylic acids is 2. The van der Waals surface area contributed by atoms with Crippen molar-refractivity contribution in [3.63, 3.8) is 0 Å². The Hall–Kier alpha value is -2.92. The number of carbonyl (C=O) groups is 2. The fraction of sp³-hybridized carbons (Fsp3) is 0.125. The van der Waals surface area contributed by atoms with Gasteiger partial charge in [-0.3, -0.25) is 4.79 Å². The van der Waals surface area contributed by atoms with Crippen molar-refractivity contribution in [3.8, 4) is 0 Å².